The third-order valence-corrected chi connectivity index (χ3v) is 8.11. The molecule has 47 heavy (non-hydrogen) atoms. The summed E-state index contributed by atoms with van der Waals surface area (Å²) in [6, 6.07) is -2.94. The third kappa shape index (κ3) is 8.52. The molecule has 0 aromatic rings. The zero-order valence-corrected chi connectivity index (χ0v) is 25.6. The Balaban J connectivity index is 2.00. The molecule has 3 heterocycles. The molecular formula is C26H44N2O19. The highest BCUT2D eigenvalue weighted by atomic mass is 16.8. The van der Waals surface area contributed by atoms with Crippen molar-refractivity contribution in [1.29, 1.82) is 0 Å². The fourth-order valence-electron chi connectivity index (χ4n) is 5.83. The van der Waals surface area contributed by atoms with Gasteiger partial charge in [0.25, 0.3) is 5.79 Å². The molecule has 0 unspecified atom stereocenters. The van der Waals surface area contributed by atoms with Gasteiger partial charge in [-0.2, -0.15) is 0 Å². The normalized spacial score (nSPS) is 42.3. The molecule has 21 heteroatoms. The molecular weight excluding hydrogens is 644 g/mol. The minimum absolute atomic E-state index is 0.657. The lowest BCUT2D eigenvalue weighted by molar-refractivity contribution is -0.381. The Morgan fingerprint density at radius 2 is 1.47 bits per heavy atom. The summed E-state index contributed by atoms with van der Waals surface area (Å²) < 4.78 is 33.3. The summed E-state index contributed by atoms with van der Waals surface area (Å²) in [7, 11) is 1.19. The molecule has 0 aromatic heterocycles. The molecule has 3 aliphatic rings. The number of aliphatic hydroxyl groups excluding tert-OH is 9. The van der Waals surface area contributed by atoms with Crippen LogP contribution in [0.2, 0.25) is 0 Å². The first kappa shape index (κ1) is 39.3. The van der Waals surface area contributed by atoms with Crippen LogP contribution in [0.25, 0.3) is 0 Å². The van der Waals surface area contributed by atoms with Gasteiger partial charge >= 0.3 is 5.97 Å². The second kappa shape index (κ2) is 16.5. The molecule has 0 spiro atoms. The van der Waals surface area contributed by atoms with Gasteiger partial charge in [-0.25, -0.2) is 4.79 Å². The first-order valence-electron chi connectivity index (χ1n) is 14.6. The number of amides is 2. The van der Waals surface area contributed by atoms with E-state index in [0.717, 1.165) is 13.8 Å². The van der Waals surface area contributed by atoms with Crippen LogP contribution in [0.3, 0.4) is 0 Å². The van der Waals surface area contributed by atoms with Gasteiger partial charge in [0, 0.05) is 27.4 Å². The zero-order valence-electron chi connectivity index (χ0n) is 25.6. The number of carboxylic acid groups (broad SMARTS) is 1. The quantitative estimate of drug-likeness (QED) is 0.0854. The second-order valence-electron chi connectivity index (χ2n) is 11.4. The molecule has 0 aromatic carbocycles. The van der Waals surface area contributed by atoms with E-state index < -0.39 is 142 Å². The number of carbonyl (C=O) groups excluding carboxylic acids is 2. The predicted molar refractivity (Wildman–Crippen MR) is 146 cm³/mol. The van der Waals surface area contributed by atoms with Gasteiger partial charge in [0.1, 0.15) is 67.1 Å². The van der Waals surface area contributed by atoms with E-state index in [2.05, 4.69) is 10.6 Å². The van der Waals surface area contributed by atoms with Crippen LogP contribution in [-0.4, -0.2) is 193 Å². The van der Waals surface area contributed by atoms with Crippen LogP contribution in [0.4, 0.5) is 0 Å². The fraction of sp³-hybridized carbons (Fsp3) is 0.885. The van der Waals surface area contributed by atoms with E-state index in [4.69, 9.17) is 28.4 Å². The Bertz CT molecular complexity index is 1070. The number of aliphatic carboxylic acids is 1. The number of nitrogens with one attached hydrogen (secondary N) is 2. The van der Waals surface area contributed by atoms with Gasteiger partial charge in [-0.15, -0.1) is 0 Å². The Morgan fingerprint density at radius 1 is 0.872 bits per heavy atom. The van der Waals surface area contributed by atoms with Crippen LogP contribution in [0.5, 0.6) is 0 Å². The minimum atomic E-state index is -3.02. The highest BCUT2D eigenvalue weighted by Gasteiger charge is 2.60. The maximum Gasteiger partial charge on any atom is 0.364 e. The van der Waals surface area contributed by atoms with Gasteiger partial charge in [-0.1, -0.05) is 0 Å². The maximum atomic E-state index is 12.7. The molecule has 0 bridgehead atoms. The van der Waals surface area contributed by atoms with E-state index in [0.29, 0.717) is 0 Å². The first-order valence-corrected chi connectivity index (χ1v) is 14.6. The van der Waals surface area contributed by atoms with E-state index >= 15 is 0 Å². The predicted octanol–water partition coefficient (Wildman–Crippen LogP) is -7.43. The summed E-state index contributed by atoms with van der Waals surface area (Å²) in [6.45, 7) is -0.535. The first-order chi connectivity index (χ1) is 22.0. The number of ether oxygens (including phenoxy) is 6. The lowest BCUT2D eigenvalue weighted by atomic mass is 9.88. The van der Waals surface area contributed by atoms with Crippen molar-refractivity contribution in [1.82, 2.24) is 10.6 Å². The molecule has 3 fully saturated rings. The molecule has 12 N–H and O–H groups in total. The van der Waals surface area contributed by atoms with E-state index in [9.17, 15) is 65.4 Å². The van der Waals surface area contributed by atoms with Crippen molar-refractivity contribution in [2.75, 3.05) is 26.9 Å². The van der Waals surface area contributed by atoms with E-state index in [1.54, 1.807) is 0 Å². The lowest BCUT2D eigenvalue weighted by Gasteiger charge is -2.51. The van der Waals surface area contributed by atoms with Crippen molar-refractivity contribution in [3.63, 3.8) is 0 Å². The van der Waals surface area contributed by atoms with Gasteiger partial charge < -0.3 is 90.1 Å². The van der Waals surface area contributed by atoms with Crippen molar-refractivity contribution < 1.29 is 93.9 Å². The molecule has 0 saturated carbocycles. The number of hydrogen-bond acceptors (Lipinski definition) is 18. The fourth-order valence-corrected chi connectivity index (χ4v) is 5.83. The number of rotatable bonds is 13. The van der Waals surface area contributed by atoms with Gasteiger partial charge in [0.2, 0.25) is 11.8 Å². The van der Waals surface area contributed by atoms with Crippen LogP contribution in [0.15, 0.2) is 0 Å². The summed E-state index contributed by atoms with van der Waals surface area (Å²) in [5.74, 6) is -6.38. The topological polar surface area (TPSA) is 333 Å². The van der Waals surface area contributed by atoms with Gasteiger partial charge in [-0.3, -0.25) is 9.59 Å². The standard InChI is InChI=1S/C26H44N2O19/c1-8(32)27-14-10(34)4-26(25(40)41,46-20(14)16(36)11(35)5-29)47-22-17(37)12(6-30)44-24(18(22)38)45-21-15(28-9(2)33)23(39)43-13(7-31)19(21)42-3/h10-24,29-31,34-39H,4-7H2,1-3H3,(H,27,32)(H,28,33)(H,40,41)/t10-,11+,12+,13+,14+,15+,16+,17-,18+,19+,20+,21+,22-,23+,24-,26-/m0/s1. The molecule has 0 aliphatic carbocycles. The zero-order chi connectivity index (χ0) is 35.4. The number of hydrogen-bond donors (Lipinski definition) is 12. The van der Waals surface area contributed by atoms with Gasteiger partial charge in [0.05, 0.1) is 32.0 Å². The van der Waals surface area contributed by atoms with Crippen molar-refractivity contribution in [3.8, 4) is 0 Å². The summed E-state index contributed by atoms with van der Waals surface area (Å²) in [6.07, 6.45) is -24.4. The molecule has 3 saturated heterocycles. The van der Waals surface area contributed by atoms with Crippen LogP contribution in [0, 0.1) is 0 Å². The summed E-state index contributed by atoms with van der Waals surface area (Å²) in [5.41, 5.74) is 0. The number of aliphatic hydroxyl groups is 9. The monoisotopic (exact) mass is 688 g/mol. The Morgan fingerprint density at radius 3 is 1.98 bits per heavy atom. The Hall–Kier alpha value is -2.19. The molecule has 272 valence electrons. The number of carbonyl (C=O) groups is 3. The highest BCUT2D eigenvalue weighted by molar-refractivity contribution is 5.76. The van der Waals surface area contributed by atoms with Gasteiger partial charge in [-0.05, 0) is 0 Å². The van der Waals surface area contributed by atoms with Crippen molar-refractivity contribution in [2.24, 2.45) is 0 Å². The van der Waals surface area contributed by atoms with Crippen LogP contribution in [-0.2, 0) is 42.8 Å². The Labute approximate surface area is 267 Å². The smallest absolute Gasteiger partial charge is 0.364 e. The third-order valence-electron chi connectivity index (χ3n) is 8.11. The number of methoxy groups -OCH3 is 1. The molecule has 2 amide bonds. The Kier molecular flexibility index (Phi) is 13.8. The molecule has 3 rings (SSSR count). The van der Waals surface area contributed by atoms with Crippen LogP contribution in [0.1, 0.15) is 20.3 Å². The largest absolute Gasteiger partial charge is 0.477 e. The summed E-state index contributed by atoms with van der Waals surface area (Å²) in [4.78, 5) is 36.4. The minimum Gasteiger partial charge on any atom is -0.477 e. The summed E-state index contributed by atoms with van der Waals surface area (Å²) >= 11 is 0. The molecule has 21 nitrogen and oxygen atoms in total. The molecule has 3 aliphatic heterocycles. The van der Waals surface area contributed by atoms with Crippen molar-refractivity contribution in [3.05, 3.63) is 0 Å². The average Bonchev–Trinajstić information content (AvgIpc) is 3.01. The summed E-state index contributed by atoms with van der Waals surface area (Å²) in [5, 5.41) is 109. The molecule has 16 atom stereocenters. The molecule has 0 radical (unpaired) electrons. The van der Waals surface area contributed by atoms with E-state index in [1.165, 1.54) is 7.11 Å². The average molecular weight is 689 g/mol. The lowest BCUT2D eigenvalue weighted by Crippen LogP contribution is -2.71. The van der Waals surface area contributed by atoms with Crippen molar-refractivity contribution >= 4 is 17.8 Å². The van der Waals surface area contributed by atoms with Gasteiger partial charge in [0.15, 0.2) is 12.6 Å². The van der Waals surface area contributed by atoms with Crippen molar-refractivity contribution in [2.45, 2.75) is 118 Å². The van der Waals surface area contributed by atoms with Crippen LogP contribution < -0.4 is 10.6 Å². The SMILES string of the molecule is CO[C@H]1[C@H](O[C@@H]2O[C@H](CO)[C@H](O)[C@H](O[C@]3(C(=O)O)C[C@H](O)[C@@H](NC(C)=O)[C@H]([C@H](O)[C@H](O)CO)O3)[C@H]2O)[C@@H](NC(C)=O)[C@H](O)O[C@@H]1CO. The number of carboxylic acids is 1. The van der Waals surface area contributed by atoms with E-state index in [-0.39, 0.29) is 0 Å². The second-order valence-corrected chi connectivity index (χ2v) is 11.4. The highest BCUT2D eigenvalue weighted by Crippen LogP contribution is 2.38. The van der Waals surface area contributed by atoms with E-state index in [1.807, 2.05) is 0 Å². The van der Waals surface area contributed by atoms with Crippen LogP contribution >= 0.6 is 0 Å². The maximum absolute atomic E-state index is 12.7.